The third kappa shape index (κ3) is 3.05. The number of carbonyl (C=O) groups excluding carboxylic acids is 1. The van der Waals surface area contributed by atoms with Gasteiger partial charge < -0.3 is 10.1 Å². The molecule has 1 aromatic heterocycles. The normalized spacial score (nSPS) is 9.85. The summed E-state index contributed by atoms with van der Waals surface area (Å²) in [6.07, 6.45) is 1.21. The second-order valence-corrected chi connectivity index (χ2v) is 3.70. The molecule has 0 unspecified atom stereocenters. The molecule has 0 spiro atoms. The van der Waals surface area contributed by atoms with Gasteiger partial charge in [0.05, 0.1) is 12.0 Å². The van der Waals surface area contributed by atoms with Gasteiger partial charge in [-0.3, -0.25) is 14.9 Å². The van der Waals surface area contributed by atoms with Crippen LogP contribution < -0.4 is 10.1 Å². The maximum absolute atomic E-state index is 11.9. The van der Waals surface area contributed by atoms with Gasteiger partial charge in [-0.05, 0) is 12.1 Å². The molecule has 0 aliphatic carbocycles. The number of non-ortho nitro benzene ring substituents is 1. The summed E-state index contributed by atoms with van der Waals surface area (Å²) in [5.41, 5.74) is 0.514. The number of hydrogen-bond donors (Lipinski definition) is 1. The highest BCUT2D eigenvalue weighted by atomic mass is 16.6. The van der Waals surface area contributed by atoms with Crippen molar-refractivity contribution in [2.75, 3.05) is 12.4 Å². The van der Waals surface area contributed by atoms with Crippen LogP contribution in [0.3, 0.4) is 0 Å². The summed E-state index contributed by atoms with van der Waals surface area (Å²) >= 11 is 0. The number of aromatic nitrogens is 2. The van der Waals surface area contributed by atoms with Crippen molar-refractivity contribution in [3.05, 3.63) is 52.5 Å². The lowest BCUT2D eigenvalue weighted by Gasteiger charge is -2.05. The molecular weight excluding hydrogens is 264 g/mol. The average Bonchev–Trinajstić information content (AvgIpc) is 2.47. The minimum atomic E-state index is -0.513. The molecule has 1 heterocycles. The van der Waals surface area contributed by atoms with Gasteiger partial charge in [-0.2, -0.15) is 0 Å². The van der Waals surface area contributed by atoms with E-state index in [2.05, 4.69) is 15.3 Å². The lowest BCUT2D eigenvalue weighted by atomic mass is 10.2. The van der Waals surface area contributed by atoms with E-state index in [0.29, 0.717) is 5.69 Å². The fourth-order valence-corrected chi connectivity index (χ4v) is 1.44. The van der Waals surface area contributed by atoms with Crippen LogP contribution >= 0.6 is 0 Å². The van der Waals surface area contributed by atoms with E-state index in [9.17, 15) is 14.9 Å². The van der Waals surface area contributed by atoms with Gasteiger partial charge >= 0.3 is 0 Å². The van der Waals surface area contributed by atoms with Gasteiger partial charge in [0.2, 0.25) is 5.88 Å². The number of benzene rings is 1. The lowest BCUT2D eigenvalue weighted by Crippen LogP contribution is -2.14. The zero-order valence-corrected chi connectivity index (χ0v) is 10.4. The molecule has 2 rings (SSSR count). The molecule has 1 N–H and O–H groups in total. The van der Waals surface area contributed by atoms with Gasteiger partial charge in [-0.1, -0.05) is 0 Å². The molecule has 0 aliphatic rings. The number of nitro benzene ring substituents is 1. The van der Waals surface area contributed by atoms with Crippen LogP contribution in [-0.4, -0.2) is 27.9 Å². The van der Waals surface area contributed by atoms with Gasteiger partial charge in [0.15, 0.2) is 0 Å². The van der Waals surface area contributed by atoms with Crippen molar-refractivity contribution < 1.29 is 14.5 Å². The summed E-state index contributed by atoms with van der Waals surface area (Å²) in [7, 11) is 1.43. The molecular formula is C12H10N4O4. The molecule has 0 fully saturated rings. The van der Waals surface area contributed by atoms with E-state index in [1.807, 2.05) is 0 Å². The number of nitro groups is 1. The summed E-state index contributed by atoms with van der Waals surface area (Å²) in [6, 6.07) is 6.87. The van der Waals surface area contributed by atoms with E-state index in [-0.39, 0.29) is 17.3 Å². The van der Waals surface area contributed by atoms with Crippen molar-refractivity contribution in [2.24, 2.45) is 0 Å². The quantitative estimate of drug-likeness (QED) is 0.670. The summed E-state index contributed by atoms with van der Waals surface area (Å²) in [6.45, 7) is 0. The molecule has 1 aromatic carbocycles. The Morgan fingerprint density at radius 1 is 1.30 bits per heavy atom. The maximum atomic E-state index is 11.9. The van der Waals surface area contributed by atoms with Crippen molar-refractivity contribution in [2.45, 2.75) is 0 Å². The van der Waals surface area contributed by atoms with Crippen LogP contribution in [0.5, 0.6) is 5.88 Å². The topological polar surface area (TPSA) is 107 Å². The van der Waals surface area contributed by atoms with E-state index in [0.717, 1.165) is 0 Å². The first kappa shape index (κ1) is 13.4. The Morgan fingerprint density at radius 2 is 2.00 bits per heavy atom. The summed E-state index contributed by atoms with van der Waals surface area (Å²) in [5.74, 6) is -0.187. The van der Waals surface area contributed by atoms with Crippen molar-refractivity contribution in [1.29, 1.82) is 0 Å². The van der Waals surface area contributed by atoms with E-state index >= 15 is 0 Å². The molecule has 102 valence electrons. The molecule has 0 saturated carbocycles. The molecule has 2 aromatic rings. The van der Waals surface area contributed by atoms with Crippen LogP contribution in [0.25, 0.3) is 0 Å². The number of ether oxygens (including phenoxy) is 1. The second-order valence-electron chi connectivity index (χ2n) is 3.70. The molecule has 20 heavy (non-hydrogen) atoms. The second kappa shape index (κ2) is 5.74. The largest absolute Gasteiger partial charge is 0.481 e. The SMILES string of the molecule is COc1cc(C(=O)Nc2ccc([N+](=O)[O-])cc2)ncn1. The molecule has 0 atom stereocenters. The Labute approximate surface area is 113 Å². The summed E-state index contributed by atoms with van der Waals surface area (Å²) in [5, 5.41) is 13.1. The fourth-order valence-electron chi connectivity index (χ4n) is 1.44. The number of amides is 1. The first-order valence-corrected chi connectivity index (χ1v) is 5.52. The predicted octanol–water partition coefficient (Wildman–Crippen LogP) is 1.65. The van der Waals surface area contributed by atoms with Crippen molar-refractivity contribution in [3.63, 3.8) is 0 Å². The Morgan fingerprint density at radius 3 is 2.60 bits per heavy atom. The zero-order chi connectivity index (χ0) is 14.5. The smallest absolute Gasteiger partial charge is 0.274 e. The highest BCUT2D eigenvalue weighted by Crippen LogP contribution is 2.16. The number of nitrogens with one attached hydrogen (secondary N) is 1. The van der Waals surface area contributed by atoms with Gasteiger partial charge in [0.1, 0.15) is 12.0 Å². The third-order valence-electron chi connectivity index (χ3n) is 2.42. The van der Waals surface area contributed by atoms with Gasteiger partial charge in [-0.15, -0.1) is 0 Å². The van der Waals surface area contributed by atoms with E-state index in [4.69, 9.17) is 4.74 Å². The minimum Gasteiger partial charge on any atom is -0.481 e. The summed E-state index contributed by atoms with van der Waals surface area (Å²) < 4.78 is 4.89. The highest BCUT2D eigenvalue weighted by Gasteiger charge is 2.10. The molecule has 8 heteroatoms. The van der Waals surface area contributed by atoms with Crippen molar-refractivity contribution in [1.82, 2.24) is 9.97 Å². The van der Waals surface area contributed by atoms with Crippen LogP contribution in [0, 0.1) is 10.1 Å². The fraction of sp³-hybridized carbons (Fsp3) is 0.0833. The minimum absolute atomic E-state index is 0.0493. The Balaban J connectivity index is 2.12. The van der Waals surface area contributed by atoms with Crippen molar-refractivity contribution in [3.8, 4) is 5.88 Å². The standard InChI is InChI=1S/C12H10N4O4/c1-20-11-6-10(13-7-14-11)12(17)15-8-2-4-9(5-3-8)16(18)19/h2-7H,1H3,(H,15,17). The predicted molar refractivity (Wildman–Crippen MR) is 69.6 cm³/mol. The Hall–Kier alpha value is -3.03. The van der Waals surface area contributed by atoms with Crippen LogP contribution in [0.15, 0.2) is 36.7 Å². The van der Waals surface area contributed by atoms with E-state index in [1.54, 1.807) is 0 Å². The average molecular weight is 274 g/mol. The number of hydrogen-bond acceptors (Lipinski definition) is 6. The van der Waals surface area contributed by atoms with E-state index < -0.39 is 10.8 Å². The molecule has 0 aliphatic heterocycles. The lowest BCUT2D eigenvalue weighted by molar-refractivity contribution is -0.384. The molecule has 1 amide bonds. The van der Waals surface area contributed by atoms with Crippen LogP contribution in [-0.2, 0) is 0 Å². The molecule has 8 nitrogen and oxygen atoms in total. The van der Waals surface area contributed by atoms with Gasteiger partial charge in [0.25, 0.3) is 11.6 Å². The van der Waals surface area contributed by atoms with Gasteiger partial charge in [0, 0.05) is 23.9 Å². The number of anilines is 1. The van der Waals surface area contributed by atoms with Crippen LogP contribution in [0.4, 0.5) is 11.4 Å². The number of carbonyl (C=O) groups is 1. The third-order valence-corrected chi connectivity index (χ3v) is 2.42. The highest BCUT2D eigenvalue weighted by molar-refractivity contribution is 6.02. The maximum Gasteiger partial charge on any atom is 0.274 e. The monoisotopic (exact) mass is 274 g/mol. The van der Waals surface area contributed by atoms with Gasteiger partial charge in [-0.25, -0.2) is 9.97 Å². The summed E-state index contributed by atoms with van der Waals surface area (Å²) in [4.78, 5) is 29.5. The van der Waals surface area contributed by atoms with Crippen molar-refractivity contribution >= 4 is 17.3 Å². The van der Waals surface area contributed by atoms with Crippen LogP contribution in [0.1, 0.15) is 10.5 Å². The molecule has 0 radical (unpaired) electrons. The number of methoxy groups -OCH3 is 1. The molecule has 0 bridgehead atoms. The Kier molecular flexibility index (Phi) is 3.85. The first-order chi connectivity index (χ1) is 9.60. The zero-order valence-electron chi connectivity index (χ0n) is 10.4. The molecule has 0 saturated heterocycles. The van der Waals surface area contributed by atoms with Crippen LogP contribution in [0.2, 0.25) is 0 Å². The number of rotatable bonds is 4. The first-order valence-electron chi connectivity index (χ1n) is 5.52. The number of nitrogens with zero attached hydrogens (tertiary/aromatic N) is 3. The van der Waals surface area contributed by atoms with E-state index in [1.165, 1.54) is 43.8 Å². The Bertz CT molecular complexity index is 642.